The van der Waals surface area contributed by atoms with Crippen LogP contribution in [0.5, 0.6) is 0 Å². The number of hydrogen-bond acceptors (Lipinski definition) is 3. The van der Waals surface area contributed by atoms with E-state index < -0.39 is 10.0 Å². The van der Waals surface area contributed by atoms with Crippen LogP contribution in [0.2, 0.25) is 0 Å². The molecule has 0 saturated heterocycles. The van der Waals surface area contributed by atoms with Gasteiger partial charge in [0.1, 0.15) is 0 Å². The van der Waals surface area contributed by atoms with Crippen LogP contribution in [0.4, 0.5) is 5.69 Å². The zero-order chi connectivity index (χ0) is 18.6. The number of hydrogen-bond donors (Lipinski definition) is 2. The predicted molar refractivity (Wildman–Crippen MR) is 102 cm³/mol. The lowest BCUT2D eigenvalue weighted by Crippen LogP contribution is -2.22. The van der Waals surface area contributed by atoms with Gasteiger partial charge in [-0.2, -0.15) is 0 Å². The van der Waals surface area contributed by atoms with Gasteiger partial charge in [0.25, 0.3) is 5.91 Å². The van der Waals surface area contributed by atoms with Crippen molar-refractivity contribution in [1.82, 2.24) is 9.88 Å². The molecule has 0 saturated carbocycles. The van der Waals surface area contributed by atoms with Crippen LogP contribution >= 0.6 is 0 Å². The molecule has 1 amide bonds. The minimum atomic E-state index is -3.33. The Morgan fingerprint density at radius 1 is 1.00 bits per heavy atom. The van der Waals surface area contributed by atoms with Gasteiger partial charge < -0.3 is 9.88 Å². The van der Waals surface area contributed by atoms with Crippen LogP contribution in [0.25, 0.3) is 5.69 Å². The molecule has 0 atom stereocenters. The van der Waals surface area contributed by atoms with Gasteiger partial charge in [-0.3, -0.25) is 9.52 Å². The smallest absolute Gasteiger partial charge is 0.251 e. The van der Waals surface area contributed by atoms with Gasteiger partial charge in [0.2, 0.25) is 10.0 Å². The van der Waals surface area contributed by atoms with E-state index in [1.165, 1.54) is 0 Å². The minimum Gasteiger partial charge on any atom is -0.348 e. The van der Waals surface area contributed by atoms with Gasteiger partial charge in [0.05, 0.1) is 6.26 Å². The first kappa shape index (κ1) is 17.8. The van der Waals surface area contributed by atoms with E-state index in [2.05, 4.69) is 10.0 Å². The molecule has 1 heterocycles. The molecule has 0 radical (unpaired) electrons. The molecule has 0 aliphatic rings. The molecule has 7 heteroatoms. The Hall–Kier alpha value is -3.06. The number of benzene rings is 2. The van der Waals surface area contributed by atoms with Crippen molar-refractivity contribution in [2.75, 3.05) is 11.0 Å². The van der Waals surface area contributed by atoms with Crippen molar-refractivity contribution >= 4 is 21.6 Å². The van der Waals surface area contributed by atoms with Gasteiger partial charge in [-0.05, 0) is 54.1 Å². The third-order valence-electron chi connectivity index (χ3n) is 3.72. The molecule has 1 aromatic heterocycles. The molecule has 0 aliphatic carbocycles. The fraction of sp³-hybridized carbons (Fsp3) is 0.105. The molecule has 0 unspecified atom stereocenters. The van der Waals surface area contributed by atoms with E-state index >= 15 is 0 Å². The lowest BCUT2D eigenvalue weighted by Gasteiger charge is -2.09. The normalized spacial score (nSPS) is 11.1. The van der Waals surface area contributed by atoms with Crippen molar-refractivity contribution in [3.05, 3.63) is 84.2 Å². The monoisotopic (exact) mass is 369 g/mol. The Balaban J connectivity index is 1.63. The van der Waals surface area contributed by atoms with Gasteiger partial charge in [0.15, 0.2) is 0 Å². The zero-order valence-electron chi connectivity index (χ0n) is 14.2. The number of carbonyl (C=O) groups excluding carboxylic acids is 1. The maximum atomic E-state index is 12.3. The highest BCUT2D eigenvalue weighted by Gasteiger charge is 2.07. The Bertz CT molecular complexity index is 995. The Morgan fingerprint density at radius 2 is 1.69 bits per heavy atom. The summed E-state index contributed by atoms with van der Waals surface area (Å²) in [6, 6.07) is 18.1. The number of nitrogens with zero attached hydrogens (tertiary/aromatic N) is 1. The van der Waals surface area contributed by atoms with E-state index in [0.717, 1.165) is 17.5 Å². The molecule has 26 heavy (non-hydrogen) atoms. The molecule has 0 fully saturated rings. The Kier molecular flexibility index (Phi) is 5.09. The van der Waals surface area contributed by atoms with Crippen LogP contribution in [0.3, 0.4) is 0 Å². The fourth-order valence-electron chi connectivity index (χ4n) is 2.53. The highest BCUT2D eigenvalue weighted by atomic mass is 32.2. The topological polar surface area (TPSA) is 80.2 Å². The molecule has 3 aromatic rings. The summed E-state index contributed by atoms with van der Waals surface area (Å²) in [4.78, 5) is 12.3. The average molecular weight is 369 g/mol. The summed E-state index contributed by atoms with van der Waals surface area (Å²) >= 11 is 0. The van der Waals surface area contributed by atoms with Gasteiger partial charge in [0, 0.05) is 35.9 Å². The SMILES string of the molecule is CS(=O)(=O)Nc1cccc(CNC(=O)c2ccc(-n3cccc3)cc2)c1. The first-order chi connectivity index (χ1) is 12.4. The molecule has 0 spiro atoms. The van der Waals surface area contributed by atoms with Crippen molar-refractivity contribution in [1.29, 1.82) is 0 Å². The Labute approximate surface area is 152 Å². The molecular weight excluding hydrogens is 350 g/mol. The van der Waals surface area contributed by atoms with E-state index in [-0.39, 0.29) is 5.91 Å². The van der Waals surface area contributed by atoms with Crippen LogP contribution in [0.1, 0.15) is 15.9 Å². The third kappa shape index (κ3) is 4.73. The van der Waals surface area contributed by atoms with Crippen LogP contribution in [0, 0.1) is 0 Å². The van der Waals surface area contributed by atoms with Gasteiger partial charge in [-0.1, -0.05) is 12.1 Å². The predicted octanol–water partition coefficient (Wildman–Crippen LogP) is 2.78. The number of anilines is 1. The molecule has 2 aromatic carbocycles. The summed E-state index contributed by atoms with van der Waals surface area (Å²) in [5.74, 6) is -0.189. The highest BCUT2D eigenvalue weighted by Crippen LogP contribution is 2.13. The molecule has 2 N–H and O–H groups in total. The van der Waals surface area contributed by atoms with Crippen molar-refractivity contribution in [3.63, 3.8) is 0 Å². The van der Waals surface area contributed by atoms with Gasteiger partial charge in [-0.15, -0.1) is 0 Å². The number of aromatic nitrogens is 1. The summed E-state index contributed by atoms with van der Waals surface area (Å²) < 4.78 is 27.0. The number of sulfonamides is 1. The molecule has 134 valence electrons. The standard InChI is InChI=1S/C19H19N3O3S/c1-26(24,25)21-17-6-4-5-15(13-17)14-20-19(23)16-7-9-18(10-8-16)22-11-2-3-12-22/h2-13,21H,14H2,1H3,(H,20,23). The first-order valence-corrected chi connectivity index (χ1v) is 9.88. The van der Waals surface area contributed by atoms with E-state index in [9.17, 15) is 13.2 Å². The summed E-state index contributed by atoms with van der Waals surface area (Å²) in [5.41, 5.74) is 2.81. The molecule has 3 rings (SSSR count). The van der Waals surface area contributed by atoms with Crippen molar-refractivity contribution in [2.45, 2.75) is 6.54 Å². The summed E-state index contributed by atoms with van der Waals surface area (Å²) in [6.07, 6.45) is 4.97. The average Bonchev–Trinajstić information content (AvgIpc) is 3.13. The maximum absolute atomic E-state index is 12.3. The molecule has 0 bridgehead atoms. The van der Waals surface area contributed by atoms with Crippen molar-refractivity contribution < 1.29 is 13.2 Å². The largest absolute Gasteiger partial charge is 0.348 e. The zero-order valence-corrected chi connectivity index (χ0v) is 15.0. The second-order valence-corrected chi connectivity index (χ2v) is 7.64. The van der Waals surface area contributed by atoms with Gasteiger partial charge in [-0.25, -0.2) is 8.42 Å². The number of carbonyl (C=O) groups is 1. The lowest BCUT2D eigenvalue weighted by molar-refractivity contribution is 0.0951. The van der Waals surface area contributed by atoms with Crippen molar-refractivity contribution in [2.24, 2.45) is 0 Å². The first-order valence-electron chi connectivity index (χ1n) is 7.99. The molecule has 0 aliphatic heterocycles. The number of nitrogens with one attached hydrogen (secondary N) is 2. The van der Waals surface area contributed by atoms with Crippen LogP contribution in [-0.4, -0.2) is 25.1 Å². The quantitative estimate of drug-likeness (QED) is 0.701. The maximum Gasteiger partial charge on any atom is 0.251 e. The summed E-state index contributed by atoms with van der Waals surface area (Å²) in [5, 5.41) is 2.84. The van der Waals surface area contributed by atoms with Crippen molar-refractivity contribution in [3.8, 4) is 5.69 Å². The fourth-order valence-corrected chi connectivity index (χ4v) is 3.09. The Morgan fingerprint density at radius 3 is 2.35 bits per heavy atom. The van der Waals surface area contributed by atoms with Crippen LogP contribution in [0.15, 0.2) is 73.1 Å². The van der Waals surface area contributed by atoms with Crippen LogP contribution in [-0.2, 0) is 16.6 Å². The van der Waals surface area contributed by atoms with Gasteiger partial charge >= 0.3 is 0 Å². The minimum absolute atomic E-state index is 0.189. The van der Waals surface area contributed by atoms with E-state index in [1.807, 2.05) is 47.3 Å². The highest BCUT2D eigenvalue weighted by molar-refractivity contribution is 7.92. The number of rotatable bonds is 6. The lowest BCUT2D eigenvalue weighted by atomic mass is 10.1. The summed E-state index contributed by atoms with van der Waals surface area (Å²) in [6.45, 7) is 0.303. The summed E-state index contributed by atoms with van der Waals surface area (Å²) in [7, 11) is -3.33. The van der Waals surface area contributed by atoms with E-state index in [4.69, 9.17) is 0 Å². The second kappa shape index (κ2) is 7.45. The second-order valence-electron chi connectivity index (χ2n) is 5.89. The van der Waals surface area contributed by atoms with Crippen LogP contribution < -0.4 is 10.0 Å². The number of amides is 1. The van der Waals surface area contributed by atoms with E-state index in [1.54, 1.807) is 30.3 Å². The molecule has 6 nitrogen and oxygen atoms in total. The van der Waals surface area contributed by atoms with E-state index in [0.29, 0.717) is 17.8 Å². The third-order valence-corrected chi connectivity index (χ3v) is 4.32. The molecular formula is C19H19N3O3S.